The van der Waals surface area contributed by atoms with Crippen LogP contribution in [0.3, 0.4) is 0 Å². The van der Waals surface area contributed by atoms with Crippen LogP contribution in [0.2, 0.25) is 0 Å². The lowest BCUT2D eigenvalue weighted by Gasteiger charge is -2.33. The van der Waals surface area contributed by atoms with Crippen LogP contribution in [0.5, 0.6) is 0 Å². The molecule has 2 N–H and O–H groups in total. The zero-order valence-corrected chi connectivity index (χ0v) is 19.7. The number of piperidine rings is 1. The second kappa shape index (κ2) is 10.1. The normalized spacial score (nSPS) is 14.6. The predicted molar refractivity (Wildman–Crippen MR) is 134 cm³/mol. The summed E-state index contributed by atoms with van der Waals surface area (Å²) >= 11 is 0. The van der Waals surface area contributed by atoms with Crippen molar-refractivity contribution >= 4 is 28.6 Å². The fourth-order valence-electron chi connectivity index (χ4n) is 4.39. The number of nitrogens with zero attached hydrogens (tertiary/aromatic N) is 3. The largest absolute Gasteiger partial charge is 0.352 e. The topological polar surface area (TPSA) is 79.3 Å². The van der Waals surface area contributed by atoms with Crippen molar-refractivity contribution < 1.29 is 4.79 Å². The number of urea groups is 1. The number of carbonyl (C=O) groups excluding carboxylic acids is 1. The second-order valence-corrected chi connectivity index (χ2v) is 9.15. The first kappa shape index (κ1) is 22.8. The molecule has 3 aromatic rings. The monoisotopic (exact) mass is 447 g/mol. The smallest absolute Gasteiger partial charge is 0.319 e. The van der Waals surface area contributed by atoms with E-state index in [0.29, 0.717) is 31.4 Å². The highest BCUT2D eigenvalue weighted by Gasteiger charge is 2.24. The Labute approximate surface area is 194 Å². The highest BCUT2D eigenvalue weighted by Crippen LogP contribution is 2.20. The molecule has 2 heterocycles. The number of aromatic nitrogens is 2. The number of benzene rings is 2. The summed E-state index contributed by atoms with van der Waals surface area (Å²) < 4.78 is 1.85. The molecule has 0 aliphatic carbocycles. The lowest BCUT2D eigenvalue weighted by molar-refractivity contribution is 0.246. The first-order valence-electron chi connectivity index (χ1n) is 11.9. The molecule has 1 aliphatic heterocycles. The average molecular weight is 448 g/mol. The van der Waals surface area contributed by atoms with Crippen LogP contribution in [0.1, 0.15) is 39.2 Å². The fourth-order valence-corrected chi connectivity index (χ4v) is 4.39. The van der Waals surface area contributed by atoms with Crippen LogP contribution in [-0.4, -0.2) is 34.7 Å². The van der Waals surface area contributed by atoms with Gasteiger partial charge in [-0.05, 0) is 55.0 Å². The minimum Gasteiger partial charge on any atom is -0.352 e. The molecular weight excluding hydrogens is 414 g/mol. The molecule has 1 aromatic heterocycles. The molecule has 7 heteroatoms. The van der Waals surface area contributed by atoms with Crippen molar-refractivity contribution in [3.8, 4) is 0 Å². The van der Waals surface area contributed by atoms with E-state index in [2.05, 4.69) is 42.4 Å². The van der Waals surface area contributed by atoms with Crippen LogP contribution in [0.15, 0.2) is 53.3 Å². The number of aryl methyl sites for hydroxylation is 1. The van der Waals surface area contributed by atoms with Gasteiger partial charge in [0, 0.05) is 31.4 Å². The number of para-hydroxylation sites is 2. The Morgan fingerprint density at radius 1 is 1.12 bits per heavy atom. The second-order valence-electron chi connectivity index (χ2n) is 9.15. The van der Waals surface area contributed by atoms with E-state index >= 15 is 0 Å². The van der Waals surface area contributed by atoms with Crippen LogP contribution in [0.4, 0.5) is 16.3 Å². The van der Waals surface area contributed by atoms with E-state index in [0.717, 1.165) is 36.0 Å². The highest BCUT2D eigenvalue weighted by atomic mass is 16.2. The average Bonchev–Trinajstić information content (AvgIpc) is 2.81. The molecule has 0 radical (unpaired) electrons. The first-order valence-corrected chi connectivity index (χ1v) is 11.9. The lowest BCUT2D eigenvalue weighted by atomic mass is 10.1. The first-order chi connectivity index (χ1) is 15.9. The standard InChI is InChI=1S/C26H33N5O2/c1-4-19-8-7-9-21(16-19)28-26(33)27-20-12-14-30(15-13-20)24-25(32)31(17-18(2)3)23-11-6-5-10-22(23)29-24/h5-11,16,18,20H,4,12-15,17H2,1-3H3,(H2,27,28,33). The maximum Gasteiger partial charge on any atom is 0.319 e. The van der Waals surface area contributed by atoms with E-state index < -0.39 is 0 Å². The van der Waals surface area contributed by atoms with Gasteiger partial charge in [-0.25, -0.2) is 9.78 Å². The van der Waals surface area contributed by atoms with E-state index in [9.17, 15) is 9.59 Å². The Hall–Kier alpha value is -3.35. The molecule has 7 nitrogen and oxygen atoms in total. The number of rotatable bonds is 6. The van der Waals surface area contributed by atoms with Crippen molar-refractivity contribution in [1.29, 1.82) is 0 Å². The fraction of sp³-hybridized carbons (Fsp3) is 0.423. The van der Waals surface area contributed by atoms with E-state index in [1.165, 1.54) is 5.56 Å². The maximum absolute atomic E-state index is 13.3. The molecule has 0 saturated carbocycles. The van der Waals surface area contributed by atoms with Gasteiger partial charge in [0.2, 0.25) is 0 Å². The zero-order chi connectivity index (χ0) is 23.4. The molecule has 2 amide bonds. The van der Waals surface area contributed by atoms with Crippen LogP contribution in [0, 0.1) is 5.92 Å². The summed E-state index contributed by atoms with van der Waals surface area (Å²) in [5, 5.41) is 6.01. The summed E-state index contributed by atoms with van der Waals surface area (Å²) in [4.78, 5) is 32.6. The zero-order valence-electron chi connectivity index (χ0n) is 19.7. The van der Waals surface area contributed by atoms with Gasteiger partial charge in [0.05, 0.1) is 11.0 Å². The minimum atomic E-state index is -0.190. The SMILES string of the molecule is CCc1cccc(NC(=O)NC2CCN(c3nc4ccccc4n(CC(C)C)c3=O)CC2)c1. The van der Waals surface area contributed by atoms with Gasteiger partial charge >= 0.3 is 6.03 Å². The molecule has 0 spiro atoms. The number of hydrogen-bond acceptors (Lipinski definition) is 4. The summed E-state index contributed by atoms with van der Waals surface area (Å²) in [6, 6.07) is 15.6. The molecule has 1 aliphatic rings. The van der Waals surface area contributed by atoms with Crippen LogP contribution in [-0.2, 0) is 13.0 Å². The maximum atomic E-state index is 13.3. The van der Waals surface area contributed by atoms with Crippen LogP contribution < -0.4 is 21.1 Å². The summed E-state index contributed by atoms with van der Waals surface area (Å²) in [7, 11) is 0. The molecule has 0 unspecified atom stereocenters. The summed E-state index contributed by atoms with van der Waals surface area (Å²) in [6.07, 6.45) is 2.46. The lowest BCUT2D eigenvalue weighted by Crippen LogP contribution is -2.47. The number of hydrogen-bond donors (Lipinski definition) is 2. The summed E-state index contributed by atoms with van der Waals surface area (Å²) in [5.74, 6) is 0.862. The van der Waals surface area contributed by atoms with E-state index in [1.54, 1.807) is 0 Å². The predicted octanol–water partition coefficient (Wildman–Crippen LogP) is 4.41. The Bertz CT molecular complexity index is 1180. The Balaban J connectivity index is 1.43. The van der Waals surface area contributed by atoms with Crippen molar-refractivity contribution in [1.82, 2.24) is 14.9 Å². The van der Waals surface area contributed by atoms with Gasteiger partial charge in [0.15, 0.2) is 5.82 Å². The Morgan fingerprint density at radius 3 is 2.61 bits per heavy atom. The molecule has 0 bridgehead atoms. The number of anilines is 2. The number of fused-ring (bicyclic) bond motifs is 1. The van der Waals surface area contributed by atoms with Crippen molar-refractivity contribution in [3.63, 3.8) is 0 Å². The number of amides is 2. The van der Waals surface area contributed by atoms with E-state index in [4.69, 9.17) is 4.98 Å². The van der Waals surface area contributed by atoms with E-state index in [1.807, 2.05) is 47.0 Å². The van der Waals surface area contributed by atoms with Crippen molar-refractivity contribution in [2.45, 2.75) is 52.6 Å². The van der Waals surface area contributed by atoms with Gasteiger partial charge in [0.25, 0.3) is 5.56 Å². The summed E-state index contributed by atoms with van der Waals surface area (Å²) in [6.45, 7) is 8.34. The molecule has 2 aromatic carbocycles. The molecule has 1 fully saturated rings. The van der Waals surface area contributed by atoms with Gasteiger partial charge in [-0.15, -0.1) is 0 Å². The van der Waals surface area contributed by atoms with Crippen LogP contribution >= 0.6 is 0 Å². The summed E-state index contributed by atoms with van der Waals surface area (Å²) in [5.41, 5.74) is 3.66. The highest BCUT2D eigenvalue weighted by molar-refractivity contribution is 5.89. The van der Waals surface area contributed by atoms with Gasteiger partial charge in [0.1, 0.15) is 0 Å². The van der Waals surface area contributed by atoms with Gasteiger partial charge < -0.3 is 20.1 Å². The minimum absolute atomic E-state index is 0.0395. The number of carbonyl (C=O) groups is 1. The number of nitrogens with one attached hydrogen (secondary N) is 2. The van der Waals surface area contributed by atoms with Gasteiger partial charge in [-0.1, -0.05) is 45.0 Å². The van der Waals surface area contributed by atoms with Gasteiger partial charge in [-0.2, -0.15) is 0 Å². The van der Waals surface area contributed by atoms with Gasteiger partial charge in [-0.3, -0.25) is 4.79 Å². The third kappa shape index (κ3) is 5.35. The third-order valence-electron chi connectivity index (χ3n) is 6.11. The Kier molecular flexibility index (Phi) is 6.96. The molecule has 33 heavy (non-hydrogen) atoms. The quantitative estimate of drug-likeness (QED) is 0.587. The molecule has 0 atom stereocenters. The van der Waals surface area contributed by atoms with Crippen molar-refractivity contribution in [3.05, 3.63) is 64.4 Å². The van der Waals surface area contributed by atoms with Crippen LogP contribution in [0.25, 0.3) is 11.0 Å². The van der Waals surface area contributed by atoms with E-state index in [-0.39, 0.29) is 17.6 Å². The van der Waals surface area contributed by atoms with Crippen molar-refractivity contribution in [2.24, 2.45) is 5.92 Å². The third-order valence-corrected chi connectivity index (χ3v) is 6.11. The molecule has 4 rings (SSSR count). The van der Waals surface area contributed by atoms with Crippen molar-refractivity contribution in [2.75, 3.05) is 23.3 Å². The molecule has 174 valence electrons. The molecular formula is C26H33N5O2. The Morgan fingerprint density at radius 2 is 1.88 bits per heavy atom. The molecule has 1 saturated heterocycles.